The van der Waals surface area contributed by atoms with E-state index in [0.29, 0.717) is 11.7 Å². The molecular formula is C18H26N4OS. The lowest BCUT2D eigenvalue weighted by Gasteiger charge is -2.14. The van der Waals surface area contributed by atoms with Crippen molar-refractivity contribution in [2.45, 2.75) is 51.6 Å². The zero-order chi connectivity index (χ0) is 17.7. The number of thioether (sulfide) groups is 1. The summed E-state index contributed by atoms with van der Waals surface area (Å²) in [7, 11) is 1.94. The normalized spacial score (nSPS) is 11.1. The number of nitrogens with zero attached hydrogens (tertiary/aromatic N) is 3. The van der Waals surface area contributed by atoms with Crippen molar-refractivity contribution in [2.75, 3.05) is 11.1 Å². The quantitative estimate of drug-likeness (QED) is 0.775. The van der Waals surface area contributed by atoms with Gasteiger partial charge in [-0.15, -0.1) is 10.2 Å². The highest BCUT2D eigenvalue weighted by atomic mass is 32.2. The van der Waals surface area contributed by atoms with Gasteiger partial charge < -0.3 is 9.88 Å². The molecule has 0 bridgehead atoms. The number of para-hydroxylation sites is 1. The van der Waals surface area contributed by atoms with Crippen molar-refractivity contribution in [3.63, 3.8) is 0 Å². The van der Waals surface area contributed by atoms with Gasteiger partial charge in [-0.2, -0.15) is 0 Å². The molecule has 0 radical (unpaired) electrons. The molecule has 0 aliphatic carbocycles. The van der Waals surface area contributed by atoms with Crippen LogP contribution in [0.3, 0.4) is 0 Å². The Hall–Kier alpha value is -1.82. The first-order valence-corrected chi connectivity index (χ1v) is 9.39. The molecule has 0 spiro atoms. The lowest BCUT2D eigenvalue weighted by Crippen LogP contribution is -2.17. The Morgan fingerprint density at radius 1 is 1.21 bits per heavy atom. The number of carbonyl (C=O) groups is 1. The molecule has 2 aromatic rings. The zero-order valence-corrected chi connectivity index (χ0v) is 15.9. The fraction of sp³-hybridized carbons (Fsp3) is 0.500. The zero-order valence-electron chi connectivity index (χ0n) is 15.1. The molecule has 24 heavy (non-hydrogen) atoms. The van der Waals surface area contributed by atoms with Gasteiger partial charge in [0, 0.05) is 18.7 Å². The smallest absolute Gasteiger partial charge is 0.234 e. The van der Waals surface area contributed by atoms with Gasteiger partial charge >= 0.3 is 0 Å². The van der Waals surface area contributed by atoms with E-state index in [1.54, 1.807) is 0 Å². The SMILES string of the molecule is CCc1cccc(CC)c1NC(=O)CSc1nnc(C(C)C)n1C. The highest BCUT2D eigenvalue weighted by molar-refractivity contribution is 7.99. The molecular weight excluding hydrogens is 320 g/mol. The predicted octanol–water partition coefficient (Wildman–Crippen LogP) is 3.79. The van der Waals surface area contributed by atoms with Crippen molar-refractivity contribution in [3.8, 4) is 0 Å². The molecule has 1 aromatic carbocycles. The number of hydrogen-bond acceptors (Lipinski definition) is 4. The monoisotopic (exact) mass is 346 g/mol. The highest BCUT2D eigenvalue weighted by Gasteiger charge is 2.15. The summed E-state index contributed by atoms with van der Waals surface area (Å²) < 4.78 is 1.96. The van der Waals surface area contributed by atoms with Crippen molar-refractivity contribution in [3.05, 3.63) is 35.2 Å². The van der Waals surface area contributed by atoms with Crippen LogP contribution in [-0.4, -0.2) is 26.4 Å². The molecule has 1 N–H and O–H groups in total. The van der Waals surface area contributed by atoms with Crippen LogP contribution in [-0.2, 0) is 24.7 Å². The number of aromatic nitrogens is 3. The van der Waals surface area contributed by atoms with Gasteiger partial charge in [-0.25, -0.2) is 0 Å². The third-order valence-corrected chi connectivity index (χ3v) is 5.00. The van der Waals surface area contributed by atoms with Crippen LogP contribution in [0, 0.1) is 0 Å². The van der Waals surface area contributed by atoms with E-state index < -0.39 is 0 Å². The summed E-state index contributed by atoms with van der Waals surface area (Å²) in [6, 6.07) is 6.19. The second-order valence-electron chi connectivity index (χ2n) is 6.05. The molecule has 6 heteroatoms. The molecule has 0 aliphatic heterocycles. The van der Waals surface area contributed by atoms with Crippen LogP contribution in [0.4, 0.5) is 5.69 Å². The van der Waals surface area contributed by atoms with Gasteiger partial charge in [-0.1, -0.05) is 57.7 Å². The summed E-state index contributed by atoms with van der Waals surface area (Å²) in [6.45, 7) is 8.37. The van der Waals surface area contributed by atoms with Crippen molar-refractivity contribution < 1.29 is 4.79 Å². The molecule has 0 unspecified atom stereocenters. The predicted molar refractivity (Wildman–Crippen MR) is 99.6 cm³/mol. The van der Waals surface area contributed by atoms with Gasteiger partial charge in [0.05, 0.1) is 5.75 Å². The van der Waals surface area contributed by atoms with Crippen LogP contribution in [0.25, 0.3) is 0 Å². The van der Waals surface area contributed by atoms with E-state index >= 15 is 0 Å². The maximum atomic E-state index is 12.4. The fourth-order valence-electron chi connectivity index (χ4n) is 2.66. The third-order valence-electron chi connectivity index (χ3n) is 3.98. The summed E-state index contributed by atoms with van der Waals surface area (Å²) in [6.07, 6.45) is 1.80. The third kappa shape index (κ3) is 4.17. The lowest BCUT2D eigenvalue weighted by molar-refractivity contribution is -0.113. The van der Waals surface area contributed by atoms with Crippen LogP contribution in [0.5, 0.6) is 0 Å². The molecule has 0 atom stereocenters. The van der Waals surface area contributed by atoms with Crippen LogP contribution >= 0.6 is 11.8 Å². The first kappa shape index (κ1) is 18.5. The van der Waals surface area contributed by atoms with Gasteiger partial charge in [0.1, 0.15) is 5.82 Å². The molecule has 1 aromatic heterocycles. The number of carbonyl (C=O) groups excluding carboxylic acids is 1. The second-order valence-corrected chi connectivity index (χ2v) is 6.99. The Balaban J connectivity index is 2.04. The first-order chi connectivity index (χ1) is 11.5. The summed E-state index contributed by atoms with van der Waals surface area (Å²) >= 11 is 1.42. The minimum atomic E-state index is -0.00954. The Morgan fingerprint density at radius 2 is 1.83 bits per heavy atom. The number of benzene rings is 1. The van der Waals surface area contributed by atoms with E-state index in [4.69, 9.17) is 0 Å². The second kappa shape index (κ2) is 8.33. The van der Waals surface area contributed by atoms with E-state index in [0.717, 1.165) is 29.5 Å². The molecule has 1 amide bonds. The average Bonchev–Trinajstić information content (AvgIpc) is 2.94. The van der Waals surface area contributed by atoms with E-state index in [1.165, 1.54) is 22.9 Å². The number of hydrogen-bond donors (Lipinski definition) is 1. The molecule has 0 fully saturated rings. The van der Waals surface area contributed by atoms with Gasteiger partial charge in [-0.3, -0.25) is 4.79 Å². The highest BCUT2D eigenvalue weighted by Crippen LogP contribution is 2.24. The maximum Gasteiger partial charge on any atom is 0.234 e. The van der Waals surface area contributed by atoms with Gasteiger partial charge in [0.25, 0.3) is 0 Å². The molecule has 0 aliphatic rings. The molecule has 1 heterocycles. The lowest BCUT2D eigenvalue weighted by atomic mass is 10.0. The molecule has 2 rings (SSSR count). The number of rotatable bonds is 7. The number of aryl methyl sites for hydroxylation is 2. The minimum absolute atomic E-state index is 0.00954. The molecule has 0 saturated carbocycles. The van der Waals surface area contributed by atoms with Gasteiger partial charge in [-0.05, 0) is 24.0 Å². The Kier molecular flexibility index (Phi) is 6.43. The summed E-state index contributed by atoms with van der Waals surface area (Å²) in [5.41, 5.74) is 3.32. The van der Waals surface area contributed by atoms with E-state index in [9.17, 15) is 4.79 Å². The summed E-state index contributed by atoms with van der Waals surface area (Å²) in [4.78, 5) is 12.4. The van der Waals surface area contributed by atoms with E-state index in [2.05, 4.69) is 61.4 Å². The number of amides is 1. The Labute approximate surface area is 148 Å². The van der Waals surface area contributed by atoms with Crippen molar-refractivity contribution in [1.29, 1.82) is 0 Å². The molecule has 5 nitrogen and oxygen atoms in total. The van der Waals surface area contributed by atoms with Crippen molar-refractivity contribution in [2.24, 2.45) is 7.05 Å². The van der Waals surface area contributed by atoms with Crippen LogP contribution in [0.1, 0.15) is 50.6 Å². The standard InChI is InChI=1S/C18H26N4OS/c1-6-13-9-8-10-14(7-2)16(13)19-15(23)11-24-18-21-20-17(12(3)4)22(18)5/h8-10,12H,6-7,11H2,1-5H3,(H,19,23). The van der Waals surface area contributed by atoms with Crippen molar-refractivity contribution in [1.82, 2.24) is 14.8 Å². The largest absolute Gasteiger partial charge is 0.325 e. The summed E-state index contributed by atoms with van der Waals surface area (Å²) in [5, 5.41) is 12.2. The average molecular weight is 347 g/mol. The topological polar surface area (TPSA) is 59.8 Å². The van der Waals surface area contributed by atoms with Crippen LogP contribution in [0.15, 0.2) is 23.4 Å². The Morgan fingerprint density at radius 3 is 2.33 bits per heavy atom. The molecule has 130 valence electrons. The Bertz CT molecular complexity index is 687. The maximum absolute atomic E-state index is 12.4. The van der Waals surface area contributed by atoms with Crippen molar-refractivity contribution >= 4 is 23.4 Å². The minimum Gasteiger partial charge on any atom is -0.325 e. The van der Waals surface area contributed by atoms with Gasteiger partial charge in [0.2, 0.25) is 5.91 Å². The van der Waals surface area contributed by atoms with Crippen LogP contribution in [0.2, 0.25) is 0 Å². The molecule has 0 saturated heterocycles. The number of nitrogens with one attached hydrogen (secondary N) is 1. The van der Waals surface area contributed by atoms with Crippen LogP contribution < -0.4 is 5.32 Å². The fourth-order valence-corrected chi connectivity index (χ4v) is 3.38. The van der Waals surface area contributed by atoms with E-state index in [1.807, 2.05) is 11.6 Å². The van der Waals surface area contributed by atoms with E-state index in [-0.39, 0.29) is 5.91 Å². The van der Waals surface area contributed by atoms with Gasteiger partial charge in [0.15, 0.2) is 5.16 Å². The number of anilines is 1. The first-order valence-electron chi connectivity index (χ1n) is 8.40. The summed E-state index contributed by atoms with van der Waals surface area (Å²) in [5.74, 6) is 1.56.